The lowest BCUT2D eigenvalue weighted by Crippen LogP contribution is -2.38. The molecule has 4 rings (SSSR count). The van der Waals surface area contributed by atoms with Gasteiger partial charge in [-0.3, -0.25) is 13.9 Å². The fourth-order valence-corrected chi connectivity index (χ4v) is 4.74. The van der Waals surface area contributed by atoms with Crippen molar-refractivity contribution < 1.29 is 0 Å². The third-order valence-electron chi connectivity index (χ3n) is 4.85. The Hall–Kier alpha value is -2.66. The molecule has 0 aliphatic heterocycles. The molecule has 0 radical (unpaired) electrons. The fourth-order valence-electron chi connectivity index (χ4n) is 3.57. The van der Waals surface area contributed by atoms with Crippen molar-refractivity contribution in [3.63, 3.8) is 0 Å². The maximum absolute atomic E-state index is 12.6. The Morgan fingerprint density at radius 3 is 2.52 bits per heavy atom. The summed E-state index contributed by atoms with van der Waals surface area (Å²) < 4.78 is 2.97. The lowest BCUT2D eigenvalue weighted by atomic mass is 10.0. The maximum Gasteiger partial charge on any atom is 0.331 e. The number of rotatable bonds is 4. The van der Waals surface area contributed by atoms with Gasteiger partial charge in [0.1, 0.15) is 4.83 Å². The van der Waals surface area contributed by atoms with E-state index in [0.717, 1.165) is 16.1 Å². The van der Waals surface area contributed by atoms with E-state index in [1.165, 1.54) is 20.9 Å². The molecule has 0 unspecified atom stereocenters. The van der Waals surface area contributed by atoms with Gasteiger partial charge in [-0.1, -0.05) is 56.3 Å². The van der Waals surface area contributed by atoms with Crippen LogP contribution in [0, 0.1) is 5.92 Å². The van der Waals surface area contributed by atoms with E-state index in [2.05, 4.69) is 44.2 Å². The highest BCUT2D eigenvalue weighted by Gasteiger charge is 2.16. The second kappa shape index (κ2) is 6.82. The summed E-state index contributed by atoms with van der Waals surface area (Å²) in [6.45, 7) is 4.76. The summed E-state index contributed by atoms with van der Waals surface area (Å²) in [5, 5.41) is 3.08. The van der Waals surface area contributed by atoms with Gasteiger partial charge >= 0.3 is 5.69 Å². The normalized spacial score (nSPS) is 11.7. The average Bonchev–Trinajstić information content (AvgIpc) is 3.07. The lowest BCUT2D eigenvalue weighted by Gasteiger charge is -2.11. The summed E-state index contributed by atoms with van der Waals surface area (Å²) in [6.07, 6.45) is 0.750. The lowest BCUT2D eigenvalue weighted by molar-refractivity contribution is 0.504. The van der Waals surface area contributed by atoms with Gasteiger partial charge in [-0.05, 0) is 28.3 Å². The van der Waals surface area contributed by atoms with Gasteiger partial charge in [-0.15, -0.1) is 11.3 Å². The first-order valence-electron chi connectivity index (χ1n) is 9.14. The summed E-state index contributed by atoms with van der Waals surface area (Å²) in [4.78, 5) is 27.1. The Labute approximate surface area is 161 Å². The van der Waals surface area contributed by atoms with Crippen LogP contribution in [-0.2, 0) is 20.0 Å². The van der Waals surface area contributed by atoms with E-state index in [9.17, 15) is 9.59 Å². The molecule has 27 heavy (non-hydrogen) atoms. The van der Waals surface area contributed by atoms with Crippen molar-refractivity contribution in [3.8, 4) is 0 Å². The van der Waals surface area contributed by atoms with Crippen molar-refractivity contribution in [1.29, 1.82) is 0 Å². The molecule has 0 saturated heterocycles. The number of hydrogen-bond donors (Lipinski definition) is 0. The van der Waals surface area contributed by atoms with E-state index in [1.807, 2.05) is 18.2 Å². The largest absolute Gasteiger partial charge is 0.331 e. The molecule has 0 saturated carbocycles. The van der Waals surface area contributed by atoms with Crippen molar-refractivity contribution >= 4 is 32.3 Å². The third-order valence-corrected chi connectivity index (χ3v) is 6.01. The van der Waals surface area contributed by atoms with E-state index in [1.54, 1.807) is 23.0 Å². The first-order valence-corrected chi connectivity index (χ1v) is 9.96. The van der Waals surface area contributed by atoms with E-state index in [0.29, 0.717) is 17.8 Å². The molecular weight excluding hydrogens is 356 g/mol. The second-order valence-electron chi connectivity index (χ2n) is 7.40. The Morgan fingerprint density at radius 2 is 1.74 bits per heavy atom. The topological polar surface area (TPSA) is 44.0 Å². The molecule has 2 aromatic carbocycles. The van der Waals surface area contributed by atoms with Crippen molar-refractivity contribution in [3.05, 3.63) is 79.8 Å². The first-order chi connectivity index (χ1) is 13.0. The summed E-state index contributed by atoms with van der Waals surface area (Å²) in [7, 11) is 1.56. The van der Waals surface area contributed by atoms with Crippen LogP contribution in [0.5, 0.6) is 0 Å². The number of fused-ring (bicyclic) bond motifs is 2. The Morgan fingerprint density at radius 1 is 1.00 bits per heavy atom. The van der Waals surface area contributed by atoms with E-state index >= 15 is 0 Å². The molecule has 0 spiro atoms. The molecule has 0 aliphatic carbocycles. The van der Waals surface area contributed by atoms with Crippen LogP contribution in [0.2, 0.25) is 0 Å². The zero-order valence-corrected chi connectivity index (χ0v) is 16.5. The summed E-state index contributed by atoms with van der Waals surface area (Å²) in [6, 6.07) is 16.6. The van der Waals surface area contributed by atoms with Gasteiger partial charge in [0.15, 0.2) is 0 Å². The molecule has 2 aromatic heterocycles. The number of thiophene rings is 1. The minimum Gasteiger partial charge on any atom is -0.284 e. The van der Waals surface area contributed by atoms with Crippen LogP contribution in [0.1, 0.15) is 24.3 Å². The number of nitrogens with zero attached hydrogens (tertiary/aromatic N) is 2. The van der Waals surface area contributed by atoms with Crippen molar-refractivity contribution in [2.45, 2.75) is 26.8 Å². The van der Waals surface area contributed by atoms with Crippen LogP contribution in [0.15, 0.2) is 58.1 Å². The molecule has 0 atom stereocenters. The molecule has 0 N–H and O–H groups in total. The number of aromatic nitrogens is 2. The van der Waals surface area contributed by atoms with Crippen molar-refractivity contribution in [2.75, 3.05) is 0 Å². The summed E-state index contributed by atoms with van der Waals surface area (Å²) in [5.41, 5.74) is 0.782. The molecule has 0 aliphatic rings. The van der Waals surface area contributed by atoms with Crippen LogP contribution < -0.4 is 11.2 Å². The highest BCUT2D eigenvalue weighted by molar-refractivity contribution is 7.18. The van der Waals surface area contributed by atoms with Crippen LogP contribution in [0.4, 0.5) is 0 Å². The highest BCUT2D eigenvalue weighted by atomic mass is 32.1. The van der Waals surface area contributed by atoms with Crippen molar-refractivity contribution in [2.24, 2.45) is 13.0 Å². The molecule has 5 heteroatoms. The molecule has 138 valence electrons. The number of benzene rings is 2. The van der Waals surface area contributed by atoms with Gasteiger partial charge in [0.05, 0.1) is 5.39 Å². The van der Waals surface area contributed by atoms with Gasteiger partial charge in [0.2, 0.25) is 0 Å². The third kappa shape index (κ3) is 3.12. The molecule has 4 aromatic rings. The van der Waals surface area contributed by atoms with Crippen LogP contribution in [0.25, 0.3) is 21.0 Å². The monoisotopic (exact) mass is 378 g/mol. The van der Waals surface area contributed by atoms with Gasteiger partial charge < -0.3 is 0 Å². The standard InChI is InChI=1S/C22H22N2O2S/c1-14(2)13-24-21-19(20(25)23(3)22(24)26)12-17(27-21)11-16-9-6-8-15-7-4-5-10-18(15)16/h4-10,12,14H,11,13H2,1-3H3. The molecule has 0 amide bonds. The minimum absolute atomic E-state index is 0.213. The minimum atomic E-state index is -0.236. The SMILES string of the molecule is CC(C)Cn1c(=O)n(C)c(=O)c2cc(Cc3cccc4ccccc34)sc21. The van der Waals surface area contributed by atoms with E-state index in [-0.39, 0.29) is 11.2 Å². The zero-order chi connectivity index (χ0) is 19.1. The van der Waals surface area contributed by atoms with Gasteiger partial charge in [-0.25, -0.2) is 4.79 Å². The maximum atomic E-state index is 12.6. The quantitative estimate of drug-likeness (QED) is 0.535. The summed E-state index contributed by atoms with van der Waals surface area (Å²) in [5.74, 6) is 0.326. The van der Waals surface area contributed by atoms with E-state index < -0.39 is 0 Å². The highest BCUT2D eigenvalue weighted by Crippen LogP contribution is 2.28. The first kappa shape index (κ1) is 17.7. The second-order valence-corrected chi connectivity index (χ2v) is 8.51. The van der Waals surface area contributed by atoms with Crippen molar-refractivity contribution in [1.82, 2.24) is 9.13 Å². The molecule has 0 fully saturated rings. The predicted molar refractivity (Wildman–Crippen MR) is 113 cm³/mol. The smallest absolute Gasteiger partial charge is 0.284 e. The van der Waals surface area contributed by atoms with Gasteiger partial charge in [0, 0.05) is 24.9 Å². The van der Waals surface area contributed by atoms with Crippen LogP contribution in [-0.4, -0.2) is 9.13 Å². The molecule has 0 bridgehead atoms. The Balaban J connectivity index is 1.87. The molecule has 4 nitrogen and oxygen atoms in total. The zero-order valence-electron chi connectivity index (χ0n) is 15.7. The van der Waals surface area contributed by atoms with E-state index in [4.69, 9.17) is 0 Å². The molecular formula is C22H22N2O2S. The van der Waals surface area contributed by atoms with Crippen LogP contribution in [0.3, 0.4) is 0 Å². The van der Waals surface area contributed by atoms with Gasteiger partial charge in [0.25, 0.3) is 5.56 Å². The number of hydrogen-bond acceptors (Lipinski definition) is 3. The predicted octanol–water partition coefficient (Wildman–Crippen LogP) is 4.16. The van der Waals surface area contributed by atoms with Gasteiger partial charge in [-0.2, -0.15) is 0 Å². The molecule has 2 heterocycles. The summed E-state index contributed by atoms with van der Waals surface area (Å²) >= 11 is 1.56. The average molecular weight is 378 g/mol. The Bertz CT molecular complexity index is 1260. The van der Waals surface area contributed by atoms with Crippen LogP contribution >= 0.6 is 11.3 Å². The Kier molecular flexibility index (Phi) is 4.48. The fraction of sp³-hybridized carbons (Fsp3) is 0.273.